The highest BCUT2D eigenvalue weighted by atomic mass is 16.5. The quantitative estimate of drug-likeness (QED) is 0.357. The number of carbonyl (C=O) groups is 2. The van der Waals surface area contributed by atoms with Crippen molar-refractivity contribution in [1.82, 2.24) is 0 Å². The van der Waals surface area contributed by atoms with Gasteiger partial charge in [0.2, 0.25) is 5.91 Å². The number of anilines is 1. The lowest BCUT2D eigenvalue weighted by Gasteiger charge is -2.12. The lowest BCUT2D eigenvalue weighted by molar-refractivity contribution is -0.111. The Morgan fingerprint density at radius 2 is 1.86 bits per heavy atom. The molecule has 0 saturated heterocycles. The van der Waals surface area contributed by atoms with Crippen LogP contribution in [-0.2, 0) is 9.53 Å². The number of rotatable bonds is 10. The molecule has 0 heterocycles. The maximum atomic E-state index is 12.2. The Labute approximate surface area is 171 Å². The summed E-state index contributed by atoms with van der Waals surface area (Å²) in [6.45, 7) is 5.18. The average molecular weight is 397 g/mol. The highest BCUT2D eigenvalue weighted by molar-refractivity contribution is 6.02. The summed E-state index contributed by atoms with van der Waals surface area (Å²) < 4.78 is 16.1. The van der Waals surface area contributed by atoms with Crippen molar-refractivity contribution in [3.8, 4) is 11.5 Å². The molecular formula is C23H27NO5. The molecule has 154 valence electrons. The SMILES string of the molecule is CCCCOc1ccc(/C=C/C(=O)Nc2cccc(C(=O)OC)c2)cc1OCC. The van der Waals surface area contributed by atoms with E-state index in [4.69, 9.17) is 9.47 Å². The number of esters is 1. The fraction of sp³-hybridized carbons (Fsp3) is 0.304. The van der Waals surface area contributed by atoms with E-state index in [0.29, 0.717) is 36.0 Å². The van der Waals surface area contributed by atoms with Crippen LogP contribution in [0.25, 0.3) is 6.08 Å². The molecule has 29 heavy (non-hydrogen) atoms. The topological polar surface area (TPSA) is 73.9 Å². The third-order valence-corrected chi connectivity index (χ3v) is 4.00. The predicted molar refractivity (Wildman–Crippen MR) is 113 cm³/mol. The normalized spacial score (nSPS) is 10.6. The Kier molecular flexibility index (Phi) is 8.76. The first-order valence-electron chi connectivity index (χ1n) is 9.64. The summed E-state index contributed by atoms with van der Waals surface area (Å²) in [6, 6.07) is 12.1. The third-order valence-electron chi connectivity index (χ3n) is 4.00. The first-order chi connectivity index (χ1) is 14.1. The predicted octanol–water partition coefficient (Wildman–Crippen LogP) is 4.70. The number of carbonyl (C=O) groups excluding carboxylic acids is 2. The molecule has 6 heteroatoms. The van der Waals surface area contributed by atoms with E-state index >= 15 is 0 Å². The molecule has 2 rings (SSSR count). The van der Waals surface area contributed by atoms with Crippen LogP contribution in [0.3, 0.4) is 0 Å². The van der Waals surface area contributed by atoms with Gasteiger partial charge in [0.1, 0.15) is 0 Å². The maximum Gasteiger partial charge on any atom is 0.337 e. The molecule has 2 aromatic carbocycles. The van der Waals surface area contributed by atoms with Crippen LogP contribution in [0, 0.1) is 0 Å². The van der Waals surface area contributed by atoms with Crippen molar-refractivity contribution in [3.05, 3.63) is 59.7 Å². The monoisotopic (exact) mass is 397 g/mol. The number of hydrogen-bond donors (Lipinski definition) is 1. The Hall–Kier alpha value is -3.28. The maximum absolute atomic E-state index is 12.2. The van der Waals surface area contributed by atoms with Crippen LogP contribution in [0.5, 0.6) is 11.5 Å². The third kappa shape index (κ3) is 6.99. The van der Waals surface area contributed by atoms with E-state index in [1.54, 1.807) is 30.3 Å². The molecule has 0 aliphatic carbocycles. The number of benzene rings is 2. The summed E-state index contributed by atoms with van der Waals surface area (Å²) >= 11 is 0. The molecule has 0 fully saturated rings. The van der Waals surface area contributed by atoms with E-state index < -0.39 is 5.97 Å². The van der Waals surface area contributed by atoms with Gasteiger partial charge in [-0.2, -0.15) is 0 Å². The fourth-order valence-electron chi connectivity index (χ4n) is 2.54. The minimum Gasteiger partial charge on any atom is -0.490 e. The summed E-state index contributed by atoms with van der Waals surface area (Å²) in [6.07, 6.45) is 5.15. The van der Waals surface area contributed by atoms with E-state index in [2.05, 4.69) is 17.0 Å². The molecular weight excluding hydrogens is 370 g/mol. The Balaban J connectivity index is 2.05. The Bertz CT molecular complexity index is 860. The average Bonchev–Trinajstić information content (AvgIpc) is 2.73. The molecule has 0 aromatic heterocycles. The Morgan fingerprint density at radius 1 is 1.03 bits per heavy atom. The number of amides is 1. The fourth-order valence-corrected chi connectivity index (χ4v) is 2.54. The van der Waals surface area contributed by atoms with Crippen LogP contribution in [0.15, 0.2) is 48.5 Å². The van der Waals surface area contributed by atoms with Gasteiger partial charge in [-0.3, -0.25) is 4.79 Å². The molecule has 0 aliphatic heterocycles. The summed E-state index contributed by atoms with van der Waals surface area (Å²) in [5.74, 6) is 0.577. The van der Waals surface area contributed by atoms with Crippen LogP contribution in [0.2, 0.25) is 0 Å². The van der Waals surface area contributed by atoms with Crippen LogP contribution in [-0.4, -0.2) is 32.2 Å². The number of ether oxygens (including phenoxy) is 3. The standard InChI is InChI=1S/C23H27NO5/c1-4-6-14-29-20-12-10-17(15-21(20)28-5-2)11-13-22(25)24-19-9-7-8-18(16-19)23(26)27-3/h7-13,15-16H,4-6,14H2,1-3H3,(H,24,25)/b13-11+. The van der Waals surface area contributed by atoms with Gasteiger partial charge in [-0.05, 0) is 55.3 Å². The van der Waals surface area contributed by atoms with E-state index in [9.17, 15) is 9.59 Å². The molecule has 0 bridgehead atoms. The molecule has 0 spiro atoms. The summed E-state index contributed by atoms with van der Waals surface area (Å²) in [4.78, 5) is 23.8. The lowest BCUT2D eigenvalue weighted by atomic mass is 10.1. The van der Waals surface area contributed by atoms with E-state index in [0.717, 1.165) is 18.4 Å². The zero-order valence-corrected chi connectivity index (χ0v) is 17.1. The van der Waals surface area contributed by atoms with Gasteiger partial charge in [-0.25, -0.2) is 4.79 Å². The van der Waals surface area contributed by atoms with Crippen LogP contribution < -0.4 is 14.8 Å². The molecule has 6 nitrogen and oxygen atoms in total. The summed E-state index contributed by atoms with van der Waals surface area (Å²) in [5, 5.41) is 2.73. The molecule has 0 radical (unpaired) electrons. The van der Waals surface area contributed by atoms with Gasteiger partial charge in [-0.1, -0.05) is 25.5 Å². The van der Waals surface area contributed by atoms with E-state index in [1.807, 2.05) is 25.1 Å². The molecule has 0 aliphatic rings. The van der Waals surface area contributed by atoms with Gasteiger partial charge in [-0.15, -0.1) is 0 Å². The van der Waals surface area contributed by atoms with Crippen LogP contribution in [0.4, 0.5) is 5.69 Å². The van der Waals surface area contributed by atoms with Crippen molar-refractivity contribution in [3.63, 3.8) is 0 Å². The minimum atomic E-state index is -0.457. The first kappa shape index (κ1) is 22.0. The van der Waals surface area contributed by atoms with Crippen molar-refractivity contribution in [2.75, 3.05) is 25.6 Å². The van der Waals surface area contributed by atoms with Gasteiger partial charge < -0.3 is 19.5 Å². The molecule has 1 amide bonds. The smallest absolute Gasteiger partial charge is 0.337 e. The number of unbranched alkanes of at least 4 members (excludes halogenated alkanes) is 1. The van der Waals surface area contributed by atoms with Gasteiger partial charge >= 0.3 is 5.97 Å². The van der Waals surface area contributed by atoms with Gasteiger partial charge in [0.25, 0.3) is 0 Å². The number of methoxy groups -OCH3 is 1. The Morgan fingerprint density at radius 3 is 2.59 bits per heavy atom. The second kappa shape index (κ2) is 11.5. The summed E-state index contributed by atoms with van der Waals surface area (Å²) in [7, 11) is 1.31. The van der Waals surface area contributed by atoms with Gasteiger partial charge in [0, 0.05) is 11.8 Å². The number of nitrogens with one attached hydrogen (secondary N) is 1. The largest absolute Gasteiger partial charge is 0.490 e. The highest BCUT2D eigenvalue weighted by Crippen LogP contribution is 2.29. The molecule has 0 saturated carbocycles. The number of hydrogen-bond acceptors (Lipinski definition) is 5. The van der Waals surface area contributed by atoms with E-state index in [1.165, 1.54) is 13.2 Å². The molecule has 1 N–H and O–H groups in total. The first-order valence-corrected chi connectivity index (χ1v) is 9.64. The zero-order chi connectivity index (χ0) is 21.1. The van der Waals surface area contributed by atoms with Crippen molar-refractivity contribution >= 4 is 23.6 Å². The minimum absolute atomic E-state index is 0.312. The summed E-state index contributed by atoms with van der Waals surface area (Å²) in [5.41, 5.74) is 1.70. The van der Waals surface area contributed by atoms with E-state index in [-0.39, 0.29) is 5.91 Å². The molecule has 0 unspecified atom stereocenters. The van der Waals surface area contributed by atoms with Crippen molar-refractivity contribution < 1.29 is 23.8 Å². The van der Waals surface area contributed by atoms with Crippen LogP contribution in [0.1, 0.15) is 42.6 Å². The molecule has 0 atom stereocenters. The van der Waals surface area contributed by atoms with Gasteiger partial charge in [0.05, 0.1) is 25.9 Å². The highest BCUT2D eigenvalue weighted by Gasteiger charge is 2.08. The second-order valence-electron chi connectivity index (χ2n) is 6.24. The van der Waals surface area contributed by atoms with Crippen molar-refractivity contribution in [2.24, 2.45) is 0 Å². The van der Waals surface area contributed by atoms with Crippen molar-refractivity contribution in [2.45, 2.75) is 26.7 Å². The molecule has 2 aromatic rings. The zero-order valence-electron chi connectivity index (χ0n) is 17.1. The van der Waals surface area contributed by atoms with Crippen molar-refractivity contribution in [1.29, 1.82) is 0 Å². The lowest BCUT2D eigenvalue weighted by Crippen LogP contribution is -2.09. The second-order valence-corrected chi connectivity index (χ2v) is 6.24. The van der Waals surface area contributed by atoms with Gasteiger partial charge in [0.15, 0.2) is 11.5 Å². The van der Waals surface area contributed by atoms with Crippen LogP contribution >= 0.6 is 0 Å².